The Balaban J connectivity index is 1.28. The lowest BCUT2D eigenvalue weighted by atomic mass is 10.1. The molecule has 0 saturated carbocycles. The average molecular weight is 667 g/mol. The van der Waals surface area contributed by atoms with Crippen LogP contribution < -0.4 is 34.7 Å². The number of aromatic nitrogens is 4. The second-order valence-corrected chi connectivity index (χ2v) is 10.4. The molecule has 0 radical (unpaired) electrons. The number of halogens is 3. The van der Waals surface area contributed by atoms with E-state index in [9.17, 15) is 18.0 Å². The fraction of sp³-hybridized carbons (Fsp3) is 0.273. The van der Waals surface area contributed by atoms with Crippen molar-refractivity contribution in [2.45, 2.75) is 19.5 Å². The number of alkyl halides is 3. The largest absolute Gasteiger partial charge is 0.493 e. The first-order valence-corrected chi connectivity index (χ1v) is 14.6. The lowest BCUT2D eigenvalue weighted by Crippen LogP contribution is -2.25. The second kappa shape index (κ2) is 13.9. The summed E-state index contributed by atoms with van der Waals surface area (Å²) < 4.78 is 69.5. The van der Waals surface area contributed by atoms with Crippen molar-refractivity contribution in [1.29, 1.82) is 0 Å². The van der Waals surface area contributed by atoms with Crippen molar-refractivity contribution in [3.8, 4) is 51.3 Å². The number of nitrogens with one attached hydrogen (secondary N) is 1. The zero-order chi connectivity index (χ0) is 34.6. The maximum atomic E-state index is 13.5. The van der Waals surface area contributed by atoms with E-state index < -0.39 is 17.6 Å². The Bertz CT molecular complexity index is 1940. The number of aryl methyl sites for hydroxylation is 1. The number of amides is 1. The Morgan fingerprint density at radius 1 is 0.896 bits per heavy atom. The van der Waals surface area contributed by atoms with Crippen LogP contribution in [0.2, 0.25) is 0 Å². The number of hydrogen-bond acceptors (Lipinski definition) is 10. The number of fused-ring (bicyclic) bond motifs is 1. The van der Waals surface area contributed by atoms with Gasteiger partial charge in [0.05, 0.1) is 57.7 Å². The molecule has 48 heavy (non-hydrogen) atoms. The van der Waals surface area contributed by atoms with E-state index in [0.29, 0.717) is 75.6 Å². The van der Waals surface area contributed by atoms with Crippen LogP contribution in [0.4, 0.5) is 19.0 Å². The number of hydrogen-bond donors (Lipinski definition) is 2. The standard InChI is InChI=1S/C33H33F3N6O6/c1-18-29(21-13-22(33(34,35)36)31(37)39-17-21)42-28(40-18)10-8-23(41-42)19-7-9-24(25(14-19)44-2)48-12-6-11-38-32(43)20-15-26(45-3)30(47-5)27(16-20)46-4/h7-10,13-17H,6,11-12H2,1-5H3,(H2,37,39)(H,38,43). The minimum Gasteiger partial charge on any atom is -0.493 e. The highest BCUT2D eigenvalue weighted by atomic mass is 19.4. The number of rotatable bonds is 12. The highest BCUT2D eigenvalue weighted by Gasteiger charge is 2.34. The first-order chi connectivity index (χ1) is 23.0. The monoisotopic (exact) mass is 666 g/mol. The van der Waals surface area contributed by atoms with Crippen LogP contribution in [0.5, 0.6) is 28.7 Å². The number of anilines is 1. The molecule has 3 aromatic heterocycles. The van der Waals surface area contributed by atoms with Crippen LogP contribution in [0.1, 0.15) is 28.0 Å². The third kappa shape index (κ3) is 6.84. The van der Waals surface area contributed by atoms with E-state index in [1.165, 1.54) is 39.2 Å². The van der Waals surface area contributed by atoms with Crippen molar-refractivity contribution in [1.82, 2.24) is 24.9 Å². The molecule has 3 heterocycles. The summed E-state index contributed by atoms with van der Waals surface area (Å²) in [7, 11) is 5.94. The molecule has 0 spiro atoms. The number of methoxy groups -OCH3 is 4. The zero-order valence-corrected chi connectivity index (χ0v) is 26.8. The molecule has 5 aromatic rings. The van der Waals surface area contributed by atoms with Gasteiger partial charge in [0, 0.05) is 29.4 Å². The van der Waals surface area contributed by atoms with Crippen molar-refractivity contribution >= 4 is 17.4 Å². The minimum atomic E-state index is -4.67. The molecule has 0 aliphatic carbocycles. The van der Waals surface area contributed by atoms with Crippen LogP contribution in [0.3, 0.4) is 0 Å². The van der Waals surface area contributed by atoms with Crippen molar-refractivity contribution in [2.24, 2.45) is 0 Å². The highest BCUT2D eigenvalue weighted by molar-refractivity contribution is 5.95. The first kappa shape index (κ1) is 33.6. The van der Waals surface area contributed by atoms with E-state index in [1.54, 1.807) is 49.4 Å². The Kier molecular flexibility index (Phi) is 9.77. The molecule has 15 heteroatoms. The van der Waals surface area contributed by atoms with Gasteiger partial charge in [-0.15, -0.1) is 0 Å². The molecule has 5 rings (SSSR count). The van der Waals surface area contributed by atoms with Crippen LogP contribution in [-0.4, -0.2) is 67.1 Å². The first-order valence-electron chi connectivity index (χ1n) is 14.6. The number of pyridine rings is 1. The summed E-state index contributed by atoms with van der Waals surface area (Å²) in [6, 6.07) is 12.8. The Labute approximate surface area is 273 Å². The lowest BCUT2D eigenvalue weighted by Gasteiger charge is -2.14. The van der Waals surface area contributed by atoms with E-state index in [0.717, 1.165) is 6.07 Å². The quantitative estimate of drug-likeness (QED) is 0.162. The van der Waals surface area contributed by atoms with Crippen LogP contribution in [0, 0.1) is 6.92 Å². The van der Waals surface area contributed by atoms with E-state index >= 15 is 0 Å². The van der Waals surface area contributed by atoms with Gasteiger partial charge in [0.25, 0.3) is 5.91 Å². The lowest BCUT2D eigenvalue weighted by molar-refractivity contribution is -0.137. The van der Waals surface area contributed by atoms with Gasteiger partial charge in [-0.25, -0.2) is 14.5 Å². The number of carbonyl (C=O) groups excluding carboxylic acids is 1. The molecular formula is C33H33F3N6O6. The summed E-state index contributed by atoms with van der Waals surface area (Å²) >= 11 is 0. The molecule has 2 aromatic carbocycles. The number of imidazole rings is 1. The molecule has 0 bridgehead atoms. The fourth-order valence-corrected chi connectivity index (χ4v) is 5.08. The Morgan fingerprint density at radius 3 is 2.25 bits per heavy atom. The second-order valence-electron chi connectivity index (χ2n) is 10.4. The van der Waals surface area contributed by atoms with Gasteiger partial charge in [-0.3, -0.25) is 4.79 Å². The topological polar surface area (TPSA) is 144 Å². The van der Waals surface area contributed by atoms with Crippen LogP contribution >= 0.6 is 0 Å². The molecule has 0 aliphatic heterocycles. The fourth-order valence-electron chi connectivity index (χ4n) is 5.08. The molecule has 0 fully saturated rings. The number of nitrogens with two attached hydrogens (primary N) is 1. The predicted octanol–water partition coefficient (Wildman–Crippen LogP) is 5.60. The van der Waals surface area contributed by atoms with Gasteiger partial charge < -0.3 is 34.7 Å². The SMILES string of the molecule is COc1cc(-c2ccc3nc(C)c(-c4cnc(N)c(C(F)(F)F)c4)n3n2)ccc1OCCCNC(=O)c1cc(OC)c(OC)c(OC)c1. The van der Waals surface area contributed by atoms with E-state index in [4.69, 9.17) is 29.4 Å². The summed E-state index contributed by atoms with van der Waals surface area (Å²) in [4.78, 5) is 21.0. The van der Waals surface area contributed by atoms with Gasteiger partial charge in [0.15, 0.2) is 28.6 Å². The number of benzene rings is 2. The Hall–Kier alpha value is -5.73. The average Bonchev–Trinajstić information content (AvgIpc) is 3.41. The van der Waals surface area contributed by atoms with E-state index in [1.807, 2.05) is 0 Å². The Morgan fingerprint density at radius 2 is 1.60 bits per heavy atom. The molecular weight excluding hydrogens is 633 g/mol. The molecule has 0 saturated heterocycles. The predicted molar refractivity (Wildman–Crippen MR) is 171 cm³/mol. The number of nitrogen functional groups attached to an aromatic ring is 1. The van der Waals surface area contributed by atoms with Crippen molar-refractivity contribution < 1.29 is 41.7 Å². The van der Waals surface area contributed by atoms with Crippen molar-refractivity contribution in [3.05, 3.63) is 71.5 Å². The van der Waals surface area contributed by atoms with Gasteiger partial charge >= 0.3 is 6.18 Å². The number of carbonyl (C=O) groups is 1. The molecule has 252 valence electrons. The van der Waals surface area contributed by atoms with Gasteiger partial charge in [-0.1, -0.05) is 0 Å². The molecule has 0 aliphatic rings. The normalized spacial score (nSPS) is 11.3. The summed E-state index contributed by atoms with van der Waals surface area (Å²) in [5.74, 6) is 1.12. The molecule has 0 unspecified atom stereocenters. The molecule has 12 nitrogen and oxygen atoms in total. The smallest absolute Gasteiger partial charge is 0.419 e. The summed E-state index contributed by atoms with van der Waals surface area (Å²) in [5, 5.41) is 7.52. The van der Waals surface area contributed by atoms with E-state index in [2.05, 4.69) is 20.4 Å². The van der Waals surface area contributed by atoms with Crippen LogP contribution in [0.25, 0.3) is 28.2 Å². The van der Waals surface area contributed by atoms with Crippen LogP contribution in [0.15, 0.2) is 54.7 Å². The molecule has 1 amide bonds. The van der Waals surface area contributed by atoms with Crippen LogP contribution in [-0.2, 0) is 6.18 Å². The third-order valence-electron chi connectivity index (χ3n) is 7.40. The molecule has 0 atom stereocenters. The maximum Gasteiger partial charge on any atom is 0.419 e. The summed E-state index contributed by atoms with van der Waals surface area (Å²) in [6.45, 7) is 2.30. The van der Waals surface area contributed by atoms with Gasteiger partial charge in [0.1, 0.15) is 5.82 Å². The van der Waals surface area contributed by atoms with Crippen molar-refractivity contribution in [3.63, 3.8) is 0 Å². The van der Waals surface area contributed by atoms with E-state index in [-0.39, 0.29) is 18.1 Å². The minimum absolute atomic E-state index is 0.173. The molecule has 3 N–H and O–H groups in total. The zero-order valence-electron chi connectivity index (χ0n) is 26.8. The van der Waals surface area contributed by atoms with Crippen molar-refractivity contribution in [2.75, 3.05) is 47.3 Å². The van der Waals surface area contributed by atoms with Gasteiger partial charge in [0.2, 0.25) is 5.75 Å². The van der Waals surface area contributed by atoms with Gasteiger partial charge in [-0.05, 0) is 61.9 Å². The highest BCUT2D eigenvalue weighted by Crippen LogP contribution is 2.39. The maximum absolute atomic E-state index is 13.5. The summed E-state index contributed by atoms with van der Waals surface area (Å²) in [5.41, 5.74) is 7.45. The summed E-state index contributed by atoms with van der Waals surface area (Å²) in [6.07, 6.45) is -2.91. The number of ether oxygens (including phenoxy) is 5. The van der Waals surface area contributed by atoms with Gasteiger partial charge in [-0.2, -0.15) is 18.3 Å². The number of nitrogens with zero attached hydrogens (tertiary/aromatic N) is 4. The third-order valence-corrected chi connectivity index (χ3v) is 7.40.